The van der Waals surface area contributed by atoms with Crippen LogP contribution in [0.2, 0.25) is 0 Å². The van der Waals surface area contributed by atoms with E-state index in [9.17, 15) is 14.4 Å². The summed E-state index contributed by atoms with van der Waals surface area (Å²) < 4.78 is 5.94. The molecule has 1 saturated heterocycles. The maximum atomic E-state index is 12.5. The van der Waals surface area contributed by atoms with Crippen LogP contribution < -0.4 is 0 Å². The van der Waals surface area contributed by atoms with Crippen molar-refractivity contribution >= 4 is 33.7 Å². The Labute approximate surface area is 156 Å². The van der Waals surface area contributed by atoms with Gasteiger partial charge in [-0.3, -0.25) is 14.4 Å². The van der Waals surface area contributed by atoms with Crippen molar-refractivity contribution in [3.63, 3.8) is 0 Å². The van der Waals surface area contributed by atoms with E-state index in [-0.39, 0.29) is 30.2 Å². The van der Waals surface area contributed by atoms with E-state index in [0.717, 1.165) is 17.3 Å². The quantitative estimate of drug-likeness (QED) is 0.698. The van der Waals surface area contributed by atoms with E-state index in [1.807, 2.05) is 0 Å². The number of piperidine rings is 1. The standard InChI is InChI=1S/C18H23BrN2O4/c1-3-25-18(24)14-5-4-10-21(11-14)16(22)12-20(2)17(23)13-6-8-15(19)9-7-13/h6-9,14H,3-5,10-12H2,1-2H3. The van der Waals surface area contributed by atoms with Crippen LogP contribution in [0.3, 0.4) is 0 Å². The third-order valence-electron chi connectivity index (χ3n) is 4.20. The number of hydrogen-bond acceptors (Lipinski definition) is 4. The molecular formula is C18H23BrN2O4. The summed E-state index contributed by atoms with van der Waals surface area (Å²) in [5, 5.41) is 0. The highest BCUT2D eigenvalue weighted by atomic mass is 79.9. The number of ether oxygens (including phenoxy) is 1. The lowest BCUT2D eigenvalue weighted by molar-refractivity contribution is -0.151. The molecule has 1 atom stereocenters. The third-order valence-corrected chi connectivity index (χ3v) is 4.73. The molecule has 2 rings (SSSR count). The summed E-state index contributed by atoms with van der Waals surface area (Å²) in [6.45, 7) is 3.07. The number of halogens is 1. The molecule has 1 heterocycles. The summed E-state index contributed by atoms with van der Waals surface area (Å²) in [6.07, 6.45) is 1.50. The van der Waals surface area contributed by atoms with Crippen LogP contribution in [0.25, 0.3) is 0 Å². The second-order valence-corrected chi connectivity index (χ2v) is 7.01. The summed E-state index contributed by atoms with van der Waals surface area (Å²) in [7, 11) is 1.61. The fourth-order valence-corrected chi connectivity index (χ4v) is 3.11. The van der Waals surface area contributed by atoms with Crippen molar-refractivity contribution in [2.75, 3.05) is 33.3 Å². The van der Waals surface area contributed by atoms with Gasteiger partial charge in [-0.25, -0.2) is 0 Å². The maximum Gasteiger partial charge on any atom is 0.310 e. The smallest absolute Gasteiger partial charge is 0.310 e. The van der Waals surface area contributed by atoms with Gasteiger partial charge in [0, 0.05) is 30.2 Å². The average molecular weight is 411 g/mol. The van der Waals surface area contributed by atoms with Crippen LogP contribution in [-0.4, -0.2) is 60.9 Å². The highest BCUT2D eigenvalue weighted by Gasteiger charge is 2.30. The predicted octanol–water partition coefficient (Wildman–Crippen LogP) is 2.32. The zero-order valence-corrected chi connectivity index (χ0v) is 16.1. The van der Waals surface area contributed by atoms with Gasteiger partial charge in [0.15, 0.2) is 0 Å². The van der Waals surface area contributed by atoms with Gasteiger partial charge in [-0.15, -0.1) is 0 Å². The van der Waals surface area contributed by atoms with Crippen LogP contribution in [-0.2, 0) is 14.3 Å². The molecule has 0 N–H and O–H groups in total. The van der Waals surface area contributed by atoms with Gasteiger partial charge < -0.3 is 14.5 Å². The molecule has 7 heteroatoms. The summed E-state index contributed by atoms with van der Waals surface area (Å²) >= 11 is 3.33. The number of likely N-dealkylation sites (tertiary alicyclic amines) is 1. The number of rotatable bonds is 5. The molecule has 0 aromatic heterocycles. The highest BCUT2D eigenvalue weighted by molar-refractivity contribution is 9.10. The Morgan fingerprint density at radius 1 is 1.28 bits per heavy atom. The first-order valence-electron chi connectivity index (χ1n) is 8.37. The first-order valence-corrected chi connectivity index (χ1v) is 9.17. The number of hydrogen-bond donors (Lipinski definition) is 0. The molecule has 25 heavy (non-hydrogen) atoms. The van der Waals surface area contributed by atoms with Crippen LogP contribution in [0.1, 0.15) is 30.1 Å². The molecule has 1 aliphatic rings. The van der Waals surface area contributed by atoms with Crippen molar-refractivity contribution < 1.29 is 19.1 Å². The Morgan fingerprint density at radius 3 is 2.60 bits per heavy atom. The van der Waals surface area contributed by atoms with E-state index in [2.05, 4.69) is 15.9 Å². The van der Waals surface area contributed by atoms with Gasteiger partial charge in [-0.1, -0.05) is 15.9 Å². The van der Waals surface area contributed by atoms with E-state index in [0.29, 0.717) is 25.3 Å². The van der Waals surface area contributed by atoms with Gasteiger partial charge in [-0.05, 0) is 44.0 Å². The van der Waals surface area contributed by atoms with Crippen LogP contribution in [0.15, 0.2) is 28.7 Å². The third kappa shape index (κ3) is 5.29. The van der Waals surface area contributed by atoms with Gasteiger partial charge >= 0.3 is 5.97 Å². The molecule has 1 aromatic carbocycles. The molecule has 1 aromatic rings. The number of carbonyl (C=O) groups excluding carboxylic acids is 3. The van der Waals surface area contributed by atoms with E-state index in [1.165, 1.54) is 4.90 Å². The molecule has 0 radical (unpaired) electrons. The highest BCUT2D eigenvalue weighted by Crippen LogP contribution is 2.18. The van der Waals surface area contributed by atoms with Crippen molar-refractivity contribution in [2.45, 2.75) is 19.8 Å². The lowest BCUT2D eigenvalue weighted by Gasteiger charge is -2.32. The Hall–Kier alpha value is -1.89. The average Bonchev–Trinajstić information content (AvgIpc) is 2.62. The van der Waals surface area contributed by atoms with Crippen molar-refractivity contribution in [1.29, 1.82) is 0 Å². The van der Waals surface area contributed by atoms with Crippen molar-refractivity contribution in [1.82, 2.24) is 9.80 Å². The maximum absolute atomic E-state index is 12.5. The molecule has 2 amide bonds. The molecule has 0 spiro atoms. The fourth-order valence-electron chi connectivity index (χ4n) is 2.84. The van der Waals surface area contributed by atoms with Crippen LogP contribution in [0.4, 0.5) is 0 Å². The van der Waals surface area contributed by atoms with Crippen molar-refractivity contribution in [2.24, 2.45) is 5.92 Å². The second kappa shape index (κ2) is 8.99. The first-order chi connectivity index (χ1) is 11.9. The molecule has 1 aliphatic heterocycles. The minimum Gasteiger partial charge on any atom is -0.466 e. The summed E-state index contributed by atoms with van der Waals surface area (Å²) in [6, 6.07) is 7.01. The lowest BCUT2D eigenvalue weighted by Crippen LogP contribution is -2.47. The van der Waals surface area contributed by atoms with Gasteiger partial charge in [0.25, 0.3) is 5.91 Å². The first kappa shape index (κ1) is 19.4. The van der Waals surface area contributed by atoms with Crippen LogP contribution in [0, 0.1) is 5.92 Å². The topological polar surface area (TPSA) is 66.9 Å². The number of likely N-dealkylation sites (N-methyl/N-ethyl adjacent to an activating group) is 1. The Kier molecular flexibility index (Phi) is 6.99. The van der Waals surface area contributed by atoms with Crippen molar-refractivity contribution in [3.05, 3.63) is 34.3 Å². The Balaban J connectivity index is 1.92. The minimum absolute atomic E-state index is 0.00948. The lowest BCUT2D eigenvalue weighted by atomic mass is 9.98. The Bertz CT molecular complexity index is 632. The van der Waals surface area contributed by atoms with Crippen molar-refractivity contribution in [3.8, 4) is 0 Å². The van der Waals surface area contributed by atoms with Crippen LogP contribution >= 0.6 is 15.9 Å². The SMILES string of the molecule is CCOC(=O)C1CCCN(C(=O)CN(C)C(=O)c2ccc(Br)cc2)C1. The van der Waals surface area contributed by atoms with Gasteiger partial charge in [-0.2, -0.15) is 0 Å². The van der Waals surface area contributed by atoms with Gasteiger partial charge in [0.1, 0.15) is 0 Å². The number of amides is 2. The summed E-state index contributed by atoms with van der Waals surface area (Å²) in [5.41, 5.74) is 0.529. The zero-order valence-electron chi connectivity index (χ0n) is 14.5. The molecule has 0 saturated carbocycles. The Morgan fingerprint density at radius 2 is 1.96 bits per heavy atom. The fraction of sp³-hybridized carbons (Fsp3) is 0.500. The number of esters is 1. The molecule has 6 nitrogen and oxygen atoms in total. The molecule has 0 bridgehead atoms. The number of benzene rings is 1. The van der Waals surface area contributed by atoms with E-state index in [1.54, 1.807) is 43.1 Å². The number of nitrogens with zero attached hydrogens (tertiary/aromatic N) is 2. The van der Waals surface area contributed by atoms with E-state index >= 15 is 0 Å². The van der Waals surface area contributed by atoms with E-state index in [4.69, 9.17) is 4.74 Å². The molecule has 1 unspecified atom stereocenters. The predicted molar refractivity (Wildman–Crippen MR) is 97.0 cm³/mol. The summed E-state index contributed by atoms with van der Waals surface area (Å²) in [4.78, 5) is 39.8. The zero-order chi connectivity index (χ0) is 18.4. The minimum atomic E-state index is -0.273. The van der Waals surface area contributed by atoms with Gasteiger partial charge in [0.05, 0.1) is 19.1 Å². The summed E-state index contributed by atoms with van der Waals surface area (Å²) in [5.74, 6) is -0.883. The second-order valence-electron chi connectivity index (χ2n) is 6.10. The number of carbonyl (C=O) groups is 3. The van der Waals surface area contributed by atoms with E-state index < -0.39 is 0 Å². The molecular weight excluding hydrogens is 388 g/mol. The molecule has 136 valence electrons. The largest absolute Gasteiger partial charge is 0.466 e. The van der Waals surface area contributed by atoms with Gasteiger partial charge in [0.2, 0.25) is 5.91 Å². The monoisotopic (exact) mass is 410 g/mol. The molecule has 0 aliphatic carbocycles. The normalized spacial score (nSPS) is 17.1. The molecule has 1 fully saturated rings. The van der Waals surface area contributed by atoms with Crippen LogP contribution in [0.5, 0.6) is 0 Å².